The number of hydrogen-bond donors (Lipinski definition) is 2. The standard InChI is InChI=1S/C18H14N2O3/c21-17(13-5-2-6-14(10-13)18(22)23)20-11-15-7-1-4-12-8-3-9-19-16(12)15/h1-10H,11H2,(H,20,21)(H,22,23). The average molecular weight is 306 g/mol. The van der Waals surface area contributed by atoms with Gasteiger partial charge in [0.2, 0.25) is 0 Å². The first kappa shape index (κ1) is 14.7. The second-order valence-corrected chi connectivity index (χ2v) is 5.06. The fourth-order valence-corrected chi connectivity index (χ4v) is 2.38. The lowest BCUT2D eigenvalue weighted by Crippen LogP contribution is -2.23. The molecule has 5 heteroatoms. The molecular weight excluding hydrogens is 292 g/mol. The topological polar surface area (TPSA) is 79.3 Å². The fraction of sp³-hybridized carbons (Fsp3) is 0.0556. The number of benzene rings is 2. The molecule has 0 unspecified atom stereocenters. The van der Waals surface area contributed by atoms with E-state index in [2.05, 4.69) is 10.3 Å². The Bertz CT molecular complexity index is 885. The van der Waals surface area contributed by atoms with Crippen molar-refractivity contribution in [1.82, 2.24) is 10.3 Å². The monoisotopic (exact) mass is 306 g/mol. The molecule has 0 saturated heterocycles. The summed E-state index contributed by atoms with van der Waals surface area (Å²) < 4.78 is 0. The minimum Gasteiger partial charge on any atom is -0.478 e. The molecule has 0 saturated carbocycles. The summed E-state index contributed by atoms with van der Waals surface area (Å²) in [6, 6.07) is 15.6. The minimum atomic E-state index is -1.06. The first-order chi connectivity index (χ1) is 11.1. The van der Waals surface area contributed by atoms with Crippen LogP contribution in [0, 0.1) is 0 Å². The first-order valence-electron chi connectivity index (χ1n) is 7.09. The minimum absolute atomic E-state index is 0.0875. The van der Waals surface area contributed by atoms with E-state index < -0.39 is 5.97 Å². The van der Waals surface area contributed by atoms with E-state index in [0.29, 0.717) is 12.1 Å². The number of rotatable bonds is 4. The van der Waals surface area contributed by atoms with Crippen LogP contribution < -0.4 is 5.32 Å². The summed E-state index contributed by atoms with van der Waals surface area (Å²) in [4.78, 5) is 27.5. The summed E-state index contributed by atoms with van der Waals surface area (Å²) in [5.74, 6) is -1.38. The number of nitrogens with one attached hydrogen (secondary N) is 1. The number of hydrogen-bond acceptors (Lipinski definition) is 3. The number of fused-ring (bicyclic) bond motifs is 1. The summed E-state index contributed by atoms with van der Waals surface area (Å²) >= 11 is 0. The van der Waals surface area contributed by atoms with Crippen LogP contribution in [-0.2, 0) is 6.54 Å². The predicted octanol–water partition coefficient (Wildman–Crippen LogP) is 2.86. The van der Waals surface area contributed by atoms with Gasteiger partial charge in [0.25, 0.3) is 5.91 Å². The van der Waals surface area contributed by atoms with Crippen LogP contribution >= 0.6 is 0 Å². The molecule has 1 aromatic heterocycles. The van der Waals surface area contributed by atoms with Crippen molar-refractivity contribution in [2.24, 2.45) is 0 Å². The molecule has 0 aliphatic carbocycles. The van der Waals surface area contributed by atoms with Gasteiger partial charge in [-0.3, -0.25) is 9.78 Å². The molecule has 0 aliphatic rings. The fourth-order valence-electron chi connectivity index (χ4n) is 2.38. The van der Waals surface area contributed by atoms with Gasteiger partial charge in [-0.25, -0.2) is 4.79 Å². The van der Waals surface area contributed by atoms with E-state index in [0.717, 1.165) is 16.5 Å². The van der Waals surface area contributed by atoms with Crippen LogP contribution in [0.25, 0.3) is 10.9 Å². The molecule has 0 radical (unpaired) electrons. The van der Waals surface area contributed by atoms with Crippen LogP contribution in [0.2, 0.25) is 0 Å². The Morgan fingerprint density at radius 3 is 2.57 bits per heavy atom. The van der Waals surface area contributed by atoms with Gasteiger partial charge in [0, 0.05) is 23.7 Å². The largest absolute Gasteiger partial charge is 0.478 e. The lowest BCUT2D eigenvalue weighted by atomic mass is 10.1. The average Bonchev–Trinajstić information content (AvgIpc) is 2.59. The molecule has 0 aliphatic heterocycles. The second kappa shape index (κ2) is 6.27. The number of pyridine rings is 1. The van der Waals surface area contributed by atoms with Crippen molar-refractivity contribution >= 4 is 22.8 Å². The van der Waals surface area contributed by atoms with Gasteiger partial charge in [0.1, 0.15) is 0 Å². The molecular formula is C18H14N2O3. The molecule has 1 amide bonds. The second-order valence-electron chi connectivity index (χ2n) is 5.06. The van der Waals surface area contributed by atoms with Crippen LogP contribution in [0.4, 0.5) is 0 Å². The molecule has 0 spiro atoms. The summed E-state index contributed by atoms with van der Waals surface area (Å²) in [5.41, 5.74) is 2.16. The van der Waals surface area contributed by atoms with Crippen molar-refractivity contribution in [2.75, 3.05) is 0 Å². The first-order valence-corrected chi connectivity index (χ1v) is 7.09. The summed E-state index contributed by atoms with van der Waals surface area (Å²) in [7, 11) is 0. The van der Waals surface area contributed by atoms with Crippen molar-refractivity contribution in [3.05, 3.63) is 77.5 Å². The molecule has 23 heavy (non-hydrogen) atoms. The molecule has 3 rings (SSSR count). The Labute approximate surface area is 132 Å². The van der Waals surface area contributed by atoms with Crippen LogP contribution in [0.3, 0.4) is 0 Å². The van der Waals surface area contributed by atoms with Gasteiger partial charge in [0.05, 0.1) is 11.1 Å². The molecule has 0 atom stereocenters. The summed E-state index contributed by atoms with van der Waals surface area (Å²) in [6.45, 7) is 0.324. The summed E-state index contributed by atoms with van der Waals surface area (Å²) in [5, 5.41) is 12.8. The Morgan fingerprint density at radius 2 is 1.74 bits per heavy atom. The van der Waals surface area contributed by atoms with E-state index in [4.69, 9.17) is 5.11 Å². The van der Waals surface area contributed by atoms with Gasteiger partial charge in [-0.05, 0) is 29.8 Å². The number of para-hydroxylation sites is 1. The van der Waals surface area contributed by atoms with Crippen molar-refractivity contribution in [2.45, 2.75) is 6.54 Å². The number of carbonyl (C=O) groups is 2. The highest BCUT2D eigenvalue weighted by Gasteiger charge is 2.10. The molecule has 0 fully saturated rings. The zero-order valence-corrected chi connectivity index (χ0v) is 12.2. The highest BCUT2D eigenvalue weighted by atomic mass is 16.4. The lowest BCUT2D eigenvalue weighted by Gasteiger charge is -2.08. The maximum atomic E-state index is 12.2. The van der Waals surface area contributed by atoms with Gasteiger partial charge < -0.3 is 10.4 Å². The van der Waals surface area contributed by atoms with E-state index >= 15 is 0 Å². The van der Waals surface area contributed by atoms with Crippen molar-refractivity contribution in [1.29, 1.82) is 0 Å². The number of carbonyl (C=O) groups excluding carboxylic acids is 1. The Morgan fingerprint density at radius 1 is 1.00 bits per heavy atom. The van der Waals surface area contributed by atoms with Gasteiger partial charge >= 0.3 is 5.97 Å². The maximum absolute atomic E-state index is 12.2. The van der Waals surface area contributed by atoms with Gasteiger partial charge in [-0.15, -0.1) is 0 Å². The lowest BCUT2D eigenvalue weighted by molar-refractivity contribution is 0.0697. The third-order valence-corrected chi connectivity index (χ3v) is 3.53. The van der Waals surface area contributed by atoms with Crippen molar-refractivity contribution in [3.8, 4) is 0 Å². The number of carboxylic acids is 1. The zero-order valence-electron chi connectivity index (χ0n) is 12.2. The van der Waals surface area contributed by atoms with Crippen LogP contribution in [0.15, 0.2) is 60.8 Å². The van der Waals surface area contributed by atoms with E-state index in [1.54, 1.807) is 18.3 Å². The van der Waals surface area contributed by atoms with Crippen molar-refractivity contribution in [3.63, 3.8) is 0 Å². The highest BCUT2D eigenvalue weighted by Crippen LogP contribution is 2.16. The van der Waals surface area contributed by atoms with E-state index in [9.17, 15) is 9.59 Å². The number of amides is 1. The third-order valence-electron chi connectivity index (χ3n) is 3.53. The number of aromatic carboxylic acids is 1. The normalized spacial score (nSPS) is 10.4. The molecule has 3 aromatic rings. The van der Waals surface area contributed by atoms with E-state index in [1.807, 2.05) is 30.3 Å². The molecule has 5 nitrogen and oxygen atoms in total. The van der Waals surface area contributed by atoms with Gasteiger partial charge in [-0.2, -0.15) is 0 Å². The molecule has 2 aromatic carbocycles. The highest BCUT2D eigenvalue weighted by molar-refractivity contribution is 5.97. The molecule has 2 N–H and O–H groups in total. The zero-order chi connectivity index (χ0) is 16.2. The molecule has 0 bridgehead atoms. The maximum Gasteiger partial charge on any atom is 0.335 e. The predicted molar refractivity (Wildman–Crippen MR) is 86.3 cm³/mol. The van der Waals surface area contributed by atoms with Crippen LogP contribution in [0.1, 0.15) is 26.3 Å². The number of nitrogens with zero attached hydrogens (tertiary/aromatic N) is 1. The van der Waals surface area contributed by atoms with Gasteiger partial charge in [0.15, 0.2) is 0 Å². The van der Waals surface area contributed by atoms with Crippen LogP contribution in [-0.4, -0.2) is 22.0 Å². The Kier molecular flexibility index (Phi) is 4.01. The quantitative estimate of drug-likeness (QED) is 0.777. The van der Waals surface area contributed by atoms with E-state index in [1.165, 1.54) is 12.1 Å². The van der Waals surface area contributed by atoms with Crippen LogP contribution in [0.5, 0.6) is 0 Å². The third kappa shape index (κ3) is 3.18. The van der Waals surface area contributed by atoms with Gasteiger partial charge in [-0.1, -0.05) is 30.3 Å². The molecule has 114 valence electrons. The number of carboxylic acid groups (broad SMARTS) is 1. The van der Waals surface area contributed by atoms with Crippen molar-refractivity contribution < 1.29 is 14.7 Å². The Balaban J connectivity index is 1.78. The molecule has 1 heterocycles. The number of aromatic nitrogens is 1. The van der Waals surface area contributed by atoms with E-state index in [-0.39, 0.29) is 11.5 Å². The smallest absolute Gasteiger partial charge is 0.335 e. The SMILES string of the molecule is O=C(O)c1cccc(C(=O)NCc2cccc3cccnc23)c1. The Hall–Kier alpha value is -3.21. The summed E-state index contributed by atoms with van der Waals surface area (Å²) in [6.07, 6.45) is 1.71.